The molecule has 1 saturated heterocycles. The monoisotopic (exact) mass is 532 g/mol. The van der Waals surface area contributed by atoms with Crippen LogP contribution in [0.1, 0.15) is 56.7 Å². The summed E-state index contributed by atoms with van der Waals surface area (Å²) in [5.74, 6) is -0.666. The molecule has 9 nitrogen and oxygen atoms in total. The van der Waals surface area contributed by atoms with Crippen molar-refractivity contribution in [1.82, 2.24) is 9.80 Å². The lowest BCUT2D eigenvalue weighted by Crippen LogP contribution is -2.47. The molecule has 0 aromatic heterocycles. The fourth-order valence-corrected chi connectivity index (χ4v) is 5.56. The lowest BCUT2D eigenvalue weighted by atomic mass is 9.94. The Morgan fingerprint density at radius 1 is 1.13 bits per heavy atom. The van der Waals surface area contributed by atoms with E-state index in [1.54, 1.807) is 23.1 Å². The Morgan fingerprint density at radius 3 is 2.51 bits per heavy atom. The van der Waals surface area contributed by atoms with E-state index in [1.807, 2.05) is 51.1 Å². The summed E-state index contributed by atoms with van der Waals surface area (Å²) < 4.78 is 5.73. The first-order chi connectivity index (χ1) is 18.6. The number of nitrogens with two attached hydrogens (primary N) is 1. The number of nitrogens with zero attached hydrogens (tertiary/aromatic N) is 2. The van der Waals surface area contributed by atoms with Gasteiger partial charge in [0.1, 0.15) is 6.54 Å². The van der Waals surface area contributed by atoms with Crippen molar-refractivity contribution in [2.24, 2.45) is 17.6 Å². The number of benzene rings is 2. The highest BCUT2D eigenvalue weighted by molar-refractivity contribution is 6.06. The third-order valence-electron chi connectivity index (χ3n) is 8.25. The molecule has 3 N–H and O–H groups in total. The maximum Gasteiger partial charge on any atom is 0.418 e. The molecule has 1 heterocycles. The van der Waals surface area contributed by atoms with Crippen molar-refractivity contribution in [1.29, 1.82) is 0 Å². The Kier molecular flexibility index (Phi) is 7.20. The molecule has 1 spiro atoms. The number of carbonyl (C=O) groups excluding carboxylic acids is 4. The summed E-state index contributed by atoms with van der Waals surface area (Å²) in [6.45, 7) is 5.83. The second-order valence-electron chi connectivity index (χ2n) is 11.3. The van der Waals surface area contributed by atoms with Gasteiger partial charge in [-0.3, -0.25) is 14.4 Å². The van der Waals surface area contributed by atoms with Gasteiger partial charge < -0.3 is 20.7 Å². The zero-order chi connectivity index (χ0) is 27.9. The van der Waals surface area contributed by atoms with E-state index in [0.29, 0.717) is 30.1 Å². The fourth-order valence-electron chi connectivity index (χ4n) is 5.56. The van der Waals surface area contributed by atoms with Crippen LogP contribution in [0.4, 0.5) is 10.5 Å². The zero-order valence-electron chi connectivity index (χ0n) is 22.7. The number of aryl methyl sites for hydroxylation is 1. The molecule has 2 fully saturated rings. The molecule has 5 rings (SSSR count). The van der Waals surface area contributed by atoms with E-state index in [1.165, 1.54) is 0 Å². The van der Waals surface area contributed by atoms with Gasteiger partial charge in [-0.05, 0) is 61.3 Å². The van der Waals surface area contributed by atoms with E-state index in [-0.39, 0.29) is 36.7 Å². The molecule has 3 atom stereocenters. The Hall–Kier alpha value is -3.72. The minimum Gasteiger partial charge on any atom is -0.427 e. The lowest BCUT2D eigenvalue weighted by Gasteiger charge is -2.30. The molecule has 4 amide bonds. The Bertz CT molecular complexity index is 1290. The maximum absolute atomic E-state index is 13.7. The van der Waals surface area contributed by atoms with Crippen molar-refractivity contribution < 1.29 is 23.9 Å². The summed E-state index contributed by atoms with van der Waals surface area (Å²) in [5, 5.41) is 2.83. The molecule has 39 heavy (non-hydrogen) atoms. The van der Waals surface area contributed by atoms with Gasteiger partial charge in [0.2, 0.25) is 17.4 Å². The van der Waals surface area contributed by atoms with E-state index < -0.39 is 23.6 Å². The van der Waals surface area contributed by atoms with Gasteiger partial charge in [-0.15, -0.1) is 0 Å². The van der Waals surface area contributed by atoms with Crippen LogP contribution in [-0.2, 0) is 37.7 Å². The number of carbonyl (C=O) groups is 4. The zero-order valence-corrected chi connectivity index (χ0v) is 22.7. The van der Waals surface area contributed by atoms with Gasteiger partial charge in [-0.1, -0.05) is 50.2 Å². The molecule has 2 aromatic carbocycles. The van der Waals surface area contributed by atoms with Crippen molar-refractivity contribution in [3.63, 3.8) is 0 Å². The molecule has 206 valence electrons. The summed E-state index contributed by atoms with van der Waals surface area (Å²) in [7, 11) is 0. The Balaban J connectivity index is 1.32. The van der Waals surface area contributed by atoms with Gasteiger partial charge in [0.25, 0.3) is 5.91 Å². The number of imide groups is 1. The molecule has 1 unspecified atom stereocenters. The molecule has 3 aliphatic rings. The average Bonchev–Trinajstić information content (AvgIpc) is 3.67. The normalized spacial score (nSPS) is 21.6. The van der Waals surface area contributed by atoms with Crippen LogP contribution in [0.5, 0.6) is 0 Å². The molecule has 1 saturated carbocycles. The second kappa shape index (κ2) is 10.4. The third-order valence-corrected chi connectivity index (χ3v) is 8.25. The number of amides is 4. The Morgan fingerprint density at radius 2 is 1.85 bits per heavy atom. The Labute approximate surface area is 228 Å². The van der Waals surface area contributed by atoms with E-state index >= 15 is 0 Å². The van der Waals surface area contributed by atoms with E-state index in [2.05, 4.69) is 5.32 Å². The minimum absolute atomic E-state index is 0.00467. The molecule has 0 bridgehead atoms. The van der Waals surface area contributed by atoms with Gasteiger partial charge in [-0.25, -0.2) is 9.69 Å². The molecule has 1 aliphatic heterocycles. The van der Waals surface area contributed by atoms with Gasteiger partial charge in [0.05, 0.1) is 6.04 Å². The first kappa shape index (κ1) is 26.9. The van der Waals surface area contributed by atoms with Crippen LogP contribution in [0.2, 0.25) is 0 Å². The molecule has 2 aromatic rings. The highest BCUT2D eigenvalue weighted by Gasteiger charge is 2.58. The minimum atomic E-state index is -1.45. The molecule has 0 radical (unpaired) electrons. The third kappa shape index (κ3) is 5.15. The van der Waals surface area contributed by atoms with Crippen LogP contribution in [0.25, 0.3) is 0 Å². The first-order valence-electron chi connectivity index (χ1n) is 13.7. The number of ether oxygens (including phenoxy) is 1. The summed E-state index contributed by atoms with van der Waals surface area (Å²) >= 11 is 0. The lowest BCUT2D eigenvalue weighted by molar-refractivity contribution is -0.143. The number of hydrogen-bond donors (Lipinski definition) is 2. The first-order valence-corrected chi connectivity index (χ1v) is 13.7. The number of hydrogen-bond acceptors (Lipinski definition) is 6. The van der Waals surface area contributed by atoms with Crippen LogP contribution >= 0.6 is 0 Å². The van der Waals surface area contributed by atoms with Gasteiger partial charge in [-0.2, -0.15) is 0 Å². The van der Waals surface area contributed by atoms with Crippen LogP contribution < -0.4 is 11.1 Å². The van der Waals surface area contributed by atoms with Crippen molar-refractivity contribution >= 4 is 29.5 Å². The van der Waals surface area contributed by atoms with Crippen molar-refractivity contribution in [2.45, 2.75) is 70.7 Å². The highest BCUT2D eigenvalue weighted by Crippen LogP contribution is 2.46. The number of nitrogens with one attached hydrogen (secondary N) is 1. The van der Waals surface area contributed by atoms with Crippen LogP contribution in [0.15, 0.2) is 48.5 Å². The second-order valence-corrected chi connectivity index (χ2v) is 11.3. The highest BCUT2D eigenvalue weighted by atomic mass is 16.6. The van der Waals surface area contributed by atoms with Gasteiger partial charge in [0, 0.05) is 30.3 Å². The maximum atomic E-state index is 13.7. The SMILES string of the molecule is CC(C)[C@H](N)C(=O)Nc1ccc2c(c1)CCC21OC(=O)N(CC(=O)N(Cc2ccccc2)[C@@H](C)C2CC2)C1=O. The smallest absolute Gasteiger partial charge is 0.418 e. The standard InChI is InChI=1S/C30H36N4O5/c1-18(2)26(31)27(36)32-23-11-12-24-22(15-23)13-14-30(24)28(37)34(29(38)39-30)17-25(35)33(19(3)21-9-10-21)16-20-7-5-4-6-8-20/h4-8,11-12,15,18-19,21,26H,9-10,13-14,16-17,31H2,1-3H3,(H,32,36)/t19-,26-,30?/m0/s1. The average molecular weight is 533 g/mol. The number of rotatable bonds is 9. The van der Waals surface area contributed by atoms with E-state index in [4.69, 9.17) is 10.5 Å². The van der Waals surface area contributed by atoms with E-state index in [0.717, 1.165) is 28.9 Å². The van der Waals surface area contributed by atoms with Crippen molar-refractivity contribution in [3.05, 3.63) is 65.2 Å². The quantitative estimate of drug-likeness (QED) is 0.509. The van der Waals surface area contributed by atoms with Crippen molar-refractivity contribution in [3.8, 4) is 0 Å². The van der Waals surface area contributed by atoms with Gasteiger partial charge in [0.15, 0.2) is 0 Å². The van der Waals surface area contributed by atoms with Crippen molar-refractivity contribution in [2.75, 3.05) is 11.9 Å². The molecule has 2 aliphatic carbocycles. The van der Waals surface area contributed by atoms with E-state index in [9.17, 15) is 19.2 Å². The molecular formula is C30H36N4O5. The summed E-state index contributed by atoms with van der Waals surface area (Å²) in [5.41, 5.74) is 7.48. The topological polar surface area (TPSA) is 122 Å². The van der Waals surface area contributed by atoms with Crippen LogP contribution in [0, 0.1) is 11.8 Å². The molecule has 9 heteroatoms. The van der Waals surface area contributed by atoms with Gasteiger partial charge >= 0.3 is 6.09 Å². The largest absolute Gasteiger partial charge is 0.427 e. The predicted octanol–water partition coefficient (Wildman–Crippen LogP) is 3.56. The van der Waals surface area contributed by atoms with Crippen LogP contribution in [-0.4, -0.2) is 52.2 Å². The summed E-state index contributed by atoms with van der Waals surface area (Å²) in [6, 6.07) is 14.3. The summed E-state index contributed by atoms with van der Waals surface area (Å²) in [4.78, 5) is 55.3. The predicted molar refractivity (Wildman–Crippen MR) is 145 cm³/mol. The fraction of sp³-hybridized carbons (Fsp3) is 0.467. The number of anilines is 1. The number of fused-ring (bicyclic) bond motifs is 2. The summed E-state index contributed by atoms with van der Waals surface area (Å²) in [6.07, 6.45) is 2.11. The van der Waals surface area contributed by atoms with Crippen LogP contribution in [0.3, 0.4) is 0 Å². The molecular weight excluding hydrogens is 496 g/mol.